The van der Waals surface area contributed by atoms with Crippen molar-refractivity contribution in [3.63, 3.8) is 0 Å². The van der Waals surface area contributed by atoms with Gasteiger partial charge in [0.15, 0.2) is 11.5 Å². The van der Waals surface area contributed by atoms with Crippen LogP contribution in [-0.4, -0.2) is 25.4 Å². The highest BCUT2D eigenvalue weighted by molar-refractivity contribution is 7.86. The highest BCUT2D eigenvalue weighted by Crippen LogP contribution is 2.35. The molecule has 8 heteroatoms. The number of rotatable bonds is 3. The van der Waals surface area contributed by atoms with Gasteiger partial charge >= 0.3 is 10.1 Å². The third kappa shape index (κ3) is 3.85. The summed E-state index contributed by atoms with van der Waals surface area (Å²) in [6.07, 6.45) is 0.992. The summed E-state index contributed by atoms with van der Waals surface area (Å²) in [6.45, 7) is 5.65. The fraction of sp³-hybridized carbons (Fsp3) is 0.615. The van der Waals surface area contributed by atoms with Gasteiger partial charge in [0.2, 0.25) is 0 Å². The Balaban J connectivity index is 2.59. The van der Waals surface area contributed by atoms with Crippen LogP contribution in [0.5, 0.6) is 5.75 Å². The Morgan fingerprint density at radius 3 is 2.38 bits per heavy atom. The largest absolute Gasteiger partial charge is 0.380 e. The zero-order valence-electron chi connectivity index (χ0n) is 12.4. The van der Waals surface area contributed by atoms with Crippen molar-refractivity contribution >= 4 is 21.7 Å². The van der Waals surface area contributed by atoms with Crippen LogP contribution < -0.4 is 4.18 Å². The van der Waals surface area contributed by atoms with E-state index in [0.717, 1.165) is 11.8 Å². The number of halogens is 1. The molecule has 1 aromatic heterocycles. The average Bonchev–Trinajstić information content (AvgIpc) is 2.51. The molecular weight excluding hydrogens is 318 g/mol. The Bertz CT molecular complexity index is 657. The van der Waals surface area contributed by atoms with Crippen molar-refractivity contribution in [2.75, 3.05) is 6.26 Å². The molecule has 0 radical (unpaired) electrons. The van der Waals surface area contributed by atoms with Gasteiger partial charge in [-0.3, -0.25) is 4.98 Å². The SMILES string of the molecule is Cc1nc(CCl)c2c(c1OS(C)(=O)=O)COC(C)(C)OC2. The molecule has 6 nitrogen and oxygen atoms in total. The van der Waals surface area contributed by atoms with Gasteiger partial charge < -0.3 is 13.7 Å². The van der Waals surface area contributed by atoms with Crippen molar-refractivity contribution in [3.8, 4) is 5.75 Å². The van der Waals surface area contributed by atoms with Gasteiger partial charge in [-0.2, -0.15) is 8.42 Å². The number of pyridine rings is 1. The van der Waals surface area contributed by atoms with Gasteiger partial charge in [0.1, 0.15) is 0 Å². The molecule has 0 spiro atoms. The smallest absolute Gasteiger partial charge is 0.306 e. The summed E-state index contributed by atoms with van der Waals surface area (Å²) >= 11 is 5.93. The van der Waals surface area contributed by atoms with Crippen molar-refractivity contribution in [2.45, 2.75) is 45.7 Å². The van der Waals surface area contributed by atoms with Gasteiger partial charge in [-0.1, -0.05) is 0 Å². The molecule has 1 aromatic rings. The number of hydrogen-bond donors (Lipinski definition) is 0. The molecule has 0 aliphatic carbocycles. The second kappa shape index (κ2) is 5.72. The molecule has 2 heterocycles. The Hall–Kier alpha value is -0.890. The van der Waals surface area contributed by atoms with Crippen molar-refractivity contribution in [3.05, 3.63) is 22.5 Å². The normalized spacial score (nSPS) is 18.0. The van der Waals surface area contributed by atoms with Gasteiger partial charge in [-0.15, -0.1) is 11.6 Å². The van der Waals surface area contributed by atoms with Crippen LogP contribution in [0.15, 0.2) is 0 Å². The molecule has 1 aliphatic rings. The van der Waals surface area contributed by atoms with Gasteiger partial charge in [-0.05, 0) is 20.8 Å². The van der Waals surface area contributed by atoms with Crippen LogP contribution in [0, 0.1) is 6.92 Å². The van der Waals surface area contributed by atoms with Crippen LogP contribution in [0.25, 0.3) is 0 Å². The second-order valence-electron chi connectivity index (χ2n) is 5.33. The molecule has 1 aliphatic heterocycles. The molecule has 0 bridgehead atoms. The zero-order valence-corrected chi connectivity index (χ0v) is 14.0. The molecule has 21 heavy (non-hydrogen) atoms. The van der Waals surface area contributed by atoms with Gasteiger partial charge in [-0.25, -0.2) is 0 Å². The predicted molar refractivity (Wildman–Crippen MR) is 77.7 cm³/mol. The van der Waals surface area contributed by atoms with E-state index >= 15 is 0 Å². The first-order chi connectivity index (χ1) is 9.63. The minimum absolute atomic E-state index is 0.167. The Kier molecular flexibility index (Phi) is 4.49. The number of alkyl halides is 1. The summed E-state index contributed by atoms with van der Waals surface area (Å²) in [5.74, 6) is -0.381. The highest BCUT2D eigenvalue weighted by Gasteiger charge is 2.29. The van der Waals surface area contributed by atoms with E-state index in [-0.39, 0.29) is 24.8 Å². The predicted octanol–water partition coefficient (Wildman–Crippen LogP) is 2.25. The van der Waals surface area contributed by atoms with Gasteiger partial charge in [0.25, 0.3) is 0 Å². The summed E-state index contributed by atoms with van der Waals surface area (Å²) < 4.78 is 39.3. The molecule has 0 saturated carbocycles. The summed E-state index contributed by atoms with van der Waals surface area (Å²) in [7, 11) is -3.66. The molecule has 0 unspecified atom stereocenters. The molecular formula is C13H18ClNO5S. The molecule has 0 amide bonds. The summed E-state index contributed by atoms with van der Waals surface area (Å²) in [4.78, 5) is 4.32. The molecule has 0 N–H and O–H groups in total. The van der Waals surface area contributed by atoms with Crippen LogP contribution in [0.3, 0.4) is 0 Å². The highest BCUT2D eigenvalue weighted by atomic mass is 35.5. The third-order valence-corrected chi connectivity index (χ3v) is 3.83. The molecule has 0 saturated heterocycles. The first-order valence-electron chi connectivity index (χ1n) is 6.37. The van der Waals surface area contributed by atoms with E-state index in [1.54, 1.807) is 20.8 Å². The van der Waals surface area contributed by atoms with E-state index < -0.39 is 15.9 Å². The first kappa shape index (κ1) is 16.5. The van der Waals surface area contributed by atoms with Gasteiger partial charge in [0.05, 0.1) is 36.7 Å². The van der Waals surface area contributed by atoms with Crippen LogP contribution in [0.2, 0.25) is 0 Å². The molecule has 118 valence electrons. The van der Waals surface area contributed by atoms with Crippen LogP contribution in [-0.2, 0) is 38.7 Å². The number of fused-ring (bicyclic) bond motifs is 1. The average molecular weight is 336 g/mol. The summed E-state index contributed by atoms with van der Waals surface area (Å²) in [5.41, 5.74) is 2.44. The topological polar surface area (TPSA) is 74.7 Å². The summed E-state index contributed by atoms with van der Waals surface area (Å²) in [6, 6.07) is 0. The Labute approximate surface area is 129 Å². The van der Waals surface area contributed by atoms with E-state index in [2.05, 4.69) is 4.98 Å². The van der Waals surface area contributed by atoms with E-state index in [4.69, 9.17) is 25.3 Å². The molecule has 0 fully saturated rings. The van der Waals surface area contributed by atoms with E-state index in [1.165, 1.54) is 0 Å². The lowest BCUT2D eigenvalue weighted by molar-refractivity contribution is -0.219. The summed E-state index contributed by atoms with van der Waals surface area (Å²) in [5, 5.41) is 0. The Morgan fingerprint density at radius 1 is 1.29 bits per heavy atom. The Morgan fingerprint density at radius 2 is 1.86 bits per heavy atom. The van der Waals surface area contributed by atoms with Crippen LogP contribution >= 0.6 is 11.6 Å². The second-order valence-corrected chi connectivity index (χ2v) is 7.17. The molecule has 2 rings (SSSR count). The van der Waals surface area contributed by atoms with Crippen LogP contribution in [0.4, 0.5) is 0 Å². The van der Waals surface area contributed by atoms with Gasteiger partial charge in [0, 0.05) is 11.1 Å². The van der Waals surface area contributed by atoms with E-state index in [0.29, 0.717) is 17.0 Å². The monoisotopic (exact) mass is 335 g/mol. The lowest BCUT2D eigenvalue weighted by Gasteiger charge is -2.22. The number of nitrogens with zero attached hydrogens (tertiary/aromatic N) is 1. The maximum Gasteiger partial charge on any atom is 0.306 e. The van der Waals surface area contributed by atoms with Crippen molar-refractivity contribution in [2.24, 2.45) is 0 Å². The lowest BCUT2D eigenvalue weighted by Crippen LogP contribution is -2.25. The fourth-order valence-electron chi connectivity index (χ4n) is 2.08. The number of ether oxygens (including phenoxy) is 2. The third-order valence-electron chi connectivity index (χ3n) is 3.11. The van der Waals surface area contributed by atoms with Crippen molar-refractivity contribution in [1.82, 2.24) is 4.98 Å². The molecule has 0 atom stereocenters. The minimum atomic E-state index is -3.66. The maximum absolute atomic E-state index is 11.5. The first-order valence-corrected chi connectivity index (χ1v) is 8.72. The van der Waals surface area contributed by atoms with Crippen molar-refractivity contribution in [1.29, 1.82) is 0 Å². The van der Waals surface area contributed by atoms with Crippen LogP contribution in [0.1, 0.15) is 36.4 Å². The van der Waals surface area contributed by atoms with Crippen molar-refractivity contribution < 1.29 is 22.1 Å². The minimum Gasteiger partial charge on any atom is -0.380 e. The lowest BCUT2D eigenvalue weighted by atomic mass is 10.1. The standard InChI is InChI=1S/C13H18ClNO5S/c1-8-12(20-21(4,16)17)10-7-19-13(2,3)18-6-9(10)11(5-14)15-8/h5-7H2,1-4H3. The fourth-order valence-corrected chi connectivity index (χ4v) is 2.82. The number of aromatic nitrogens is 1. The number of aryl methyl sites for hydroxylation is 1. The van der Waals surface area contributed by atoms with E-state index in [9.17, 15) is 8.42 Å². The zero-order chi connectivity index (χ0) is 15.8. The molecule has 0 aromatic carbocycles. The van der Waals surface area contributed by atoms with E-state index in [1.807, 2.05) is 0 Å². The maximum atomic E-state index is 11.5. The number of hydrogen-bond acceptors (Lipinski definition) is 6. The quantitative estimate of drug-likeness (QED) is 0.623.